The van der Waals surface area contributed by atoms with Gasteiger partial charge in [-0.1, -0.05) is 22.0 Å². The van der Waals surface area contributed by atoms with Crippen LogP contribution in [-0.2, 0) is 10.0 Å². The van der Waals surface area contributed by atoms with Crippen molar-refractivity contribution in [3.05, 3.63) is 56.7 Å². The topological polar surface area (TPSA) is 46.2 Å². The second-order valence-corrected chi connectivity index (χ2v) is 7.58. The van der Waals surface area contributed by atoms with E-state index in [2.05, 4.69) is 36.6 Å². The fraction of sp³-hybridized carbons (Fsp3) is 0.0769. The van der Waals surface area contributed by atoms with Crippen molar-refractivity contribution in [1.29, 1.82) is 0 Å². The largest absolute Gasteiger partial charge is 0.277 e. The molecule has 0 amide bonds. The fourth-order valence-electron chi connectivity index (χ4n) is 1.60. The summed E-state index contributed by atoms with van der Waals surface area (Å²) in [6, 6.07) is 8.95. The maximum atomic E-state index is 13.7. The Labute approximate surface area is 133 Å². The summed E-state index contributed by atoms with van der Waals surface area (Å²) in [6.07, 6.45) is 0. The van der Waals surface area contributed by atoms with Gasteiger partial charge in [-0.2, -0.15) is 0 Å². The molecule has 7 heteroatoms. The number of hydrogen-bond donors (Lipinski definition) is 1. The number of anilines is 1. The highest BCUT2D eigenvalue weighted by Gasteiger charge is 2.19. The van der Waals surface area contributed by atoms with Crippen molar-refractivity contribution in [2.45, 2.75) is 11.8 Å². The highest BCUT2D eigenvalue weighted by molar-refractivity contribution is 9.11. The third kappa shape index (κ3) is 3.39. The summed E-state index contributed by atoms with van der Waals surface area (Å²) in [6.45, 7) is 1.73. The summed E-state index contributed by atoms with van der Waals surface area (Å²) in [5, 5.41) is 0. The molecule has 1 N–H and O–H groups in total. The first-order valence-electron chi connectivity index (χ1n) is 5.53. The number of nitrogens with one attached hydrogen (secondary N) is 1. The number of rotatable bonds is 3. The lowest BCUT2D eigenvalue weighted by Gasteiger charge is -2.11. The summed E-state index contributed by atoms with van der Waals surface area (Å²) in [7, 11) is -3.85. The molecular formula is C13H10Br2FNO2S. The Balaban J connectivity index is 2.41. The standard InChI is InChI=1S/C13H10Br2FNO2S/c1-8-2-4-12(11(16)6-8)17-20(18,19)13-5-3-9(14)7-10(13)15/h2-7,17H,1H3. The molecule has 0 radical (unpaired) electrons. The number of benzene rings is 2. The molecule has 2 aromatic carbocycles. The first-order valence-corrected chi connectivity index (χ1v) is 8.60. The van der Waals surface area contributed by atoms with Gasteiger partial charge < -0.3 is 0 Å². The molecule has 0 fully saturated rings. The van der Waals surface area contributed by atoms with Crippen LogP contribution in [0.5, 0.6) is 0 Å². The smallest absolute Gasteiger partial charge is 0.263 e. The number of hydrogen-bond acceptors (Lipinski definition) is 2. The fourth-order valence-corrected chi connectivity index (χ4v) is 4.41. The van der Waals surface area contributed by atoms with Crippen LogP contribution in [0, 0.1) is 12.7 Å². The molecule has 0 spiro atoms. The van der Waals surface area contributed by atoms with E-state index in [0.717, 1.165) is 10.0 Å². The zero-order valence-corrected chi connectivity index (χ0v) is 14.3. The van der Waals surface area contributed by atoms with Crippen LogP contribution in [0.15, 0.2) is 50.2 Å². The summed E-state index contributed by atoms with van der Waals surface area (Å²) < 4.78 is 41.6. The van der Waals surface area contributed by atoms with Gasteiger partial charge in [-0.25, -0.2) is 12.8 Å². The van der Waals surface area contributed by atoms with E-state index >= 15 is 0 Å². The lowest BCUT2D eigenvalue weighted by molar-refractivity contribution is 0.598. The maximum absolute atomic E-state index is 13.7. The second kappa shape index (κ2) is 5.83. The zero-order chi connectivity index (χ0) is 14.9. The quantitative estimate of drug-likeness (QED) is 0.793. The van der Waals surface area contributed by atoms with E-state index in [1.807, 2.05) is 0 Å². The Morgan fingerprint density at radius 3 is 2.40 bits per heavy atom. The minimum Gasteiger partial charge on any atom is -0.277 e. The summed E-state index contributed by atoms with van der Waals surface area (Å²) >= 11 is 6.43. The average molecular weight is 423 g/mol. The summed E-state index contributed by atoms with van der Waals surface area (Å²) in [5.41, 5.74) is 0.640. The van der Waals surface area contributed by atoms with Gasteiger partial charge in [0.2, 0.25) is 0 Å². The van der Waals surface area contributed by atoms with Crippen LogP contribution in [0.3, 0.4) is 0 Å². The molecule has 0 aliphatic rings. The molecule has 0 unspecified atom stereocenters. The summed E-state index contributed by atoms with van der Waals surface area (Å²) in [4.78, 5) is 0.0423. The lowest BCUT2D eigenvalue weighted by atomic mass is 10.2. The number of halogens is 3. The molecule has 106 valence electrons. The van der Waals surface area contributed by atoms with E-state index in [-0.39, 0.29) is 10.6 Å². The first-order chi connectivity index (χ1) is 9.29. The van der Waals surface area contributed by atoms with Crippen molar-refractivity contribution >= 4 is 47.6 Å². The SMILES string of the molecule is Cc1ccc(NS(=O)(=O)c2ccc(Br)cc2Br)c(F)c1. The number of sulfonamides is 1. The Morgan fingerprint density at radius 1 is 1.10 bits per heavy atom. The predicted octanol–water partition coefficient (Wildman–Crippen LogP) is 4.46. The van der Waals surface area contributed by atoms with E-state index in [4.69, 9.17) is 0 Å². The molecule has 20 heavy (non-hydrogen) atoms. The monoisotopic (exact) mass is 421 g/mol. The van der Waals surface area contributed by atoms with E-state index in [9.17, 15) is 12.8 Å². The second-order valence-electron chi connectivity index (χ2n) is 4.16. The van der Waals surface area contributed by atoms with Gasteiger partial charge in [0.25, 0.3) is 10.0 Å². The van der Waals surface area contributed by atoms with Crippen molar-refractivity contribution in [3.63, 3.8) is 0 Å². The molecule has 0 bridgehead atoms. The third-order valence-electron chi connectivity index (χ3n) is 2.55. The zero-order valence-electron chi connectivity index (χ0n) is 10.3. The van der Waals surface area contributed by atoms with E-state index in [1.54, 1.807) is 25.1 Å². The normalized spacial score (nSPS) is 11.4. The maximum Gasteiger partial charge on any atom is 0.263 e. The van der Waals surface area contributed by atoms with Crippen molar-refractivity contribution in [1.82, 2.24) is 0 Å². The van der Waals surface area contributed by atoms with Gasteiger partial charge in [0.05, 0.1) is 5.69 Å². The van der Waals surface area contributed by atoms with Crippen LogP contribution in [0.1, 0.15) is 5.56 Å². The molecular weight excluding hydrogens is 413 g/mol. The molecule has 0 saturated heterocycles. The van der Waals surface area contributed by atoms with Gasteiger partial charge in [-0.15, -0.1) is 0 Å². The van der Waals surface area contributed by atoms with Gasteiger partial charge >= 0.3 is 0 Å². The Hall–Kier alpha value is -0.920. The highest BCUT2D eigenvalue weighted by atomic mass is 79.9. The van der Waals surface area contributed by atoms with Gasteiger partial charge in [0.1, 0.15) is 10.7 Å². The van der Waals surface area contributed by atoms with Gasteiger partial charge in [0, 0.05) is 8.95 Å². The molecule has 0 aromatic heterocycles. The Morgan fingerprint density at radius 2 is 1.80 bits per heavy atom. The van der Waals surface area contributed by atoms with Gasteiger partial charge in [-0.05, 0) is 58.7 Å². The van der Waals surface area contributed by atoms with Gasteiger partial charge in [0.15, 0.2) is 0 Å². The molecule has 0 heterocycles. The molecule has 0 aliphatic carbocycles. The summed E-state index contributed by atoms with van der Waals surface area (Å²) in [5.74, 6) is -0.609. The molecule has 0 atom stereocenters. The van der Waals surface area contributed by atoms with Crippen molar-refractivity contribution in [2.24, 2.45) is 0 Å². The Bertz CT molecular complexity index is 763. The predicted molar refractivity (Wildman–Crippen MR) is 83.8 cm³/mol. The minimum absolute atomic E-state index is 0.0423. The number of aryl methyl sites for hydroxylation is 1. The van der Waals surface area contributed by atoms with Crippen LogP contribution in [0.4, 0.5) is 10.1 Å². The molecule has 3 nitrogen and oxygen atoms in total. The minimum atomic E-state index is -3.85. The van der Waals surface area contributed by atoms with Crippen molar-refractivity contribution in [3.8, 4) is 0 Å². The average Bonchev–Trinajstić information content (AvgIpc) is 2.32. The van der Waals surface area contributed by atoms with E-state index < -0.39 is 15.8 Å². The highest BCUT2D eigenvalue weighted by Crippen LogP contribution is 2.28. The van der Waals surface area contributed by atoms with E-state index in [0.29, 0.717) is 4.47 Å². The van der Waals surface area contributed by atoms with Crippen LogP contribution < -0.4 is 4.72 Å². The van der Waals surface area contributed by atoms with Crippen LogP contribution in [-0.4, -0.2) is 8.42 Å². The first kappa shape index (κ1) is 15.5. The van der Waals surface area contributed by atoms with Crippen LogP contribution >= 0.6 is 31.9 Å². The third-order valence-corrected chi connectivity index (χ3v) is 5.39. The molecule has 0 aliphatic heterocycles. The molecule has 2 rings (SSSR count). The lowest BCUT2D eigenvalue weighted by Crippen LogP contribution is -2.14. The van der Waals surface area contributed by atoms with Crippen LogP contribution in [0.2, 0.25) is 0 Å². The molecule has 2 aromatic rings. The van der Waals surface area contributed by atoms with E-state index in [1.165, 1.54) is 18.2 Å². The van der Waals surface area contributed by atoms with Crippen LogP contribution in [0.25, 0.3) is 0 Å². The molecule has 0 saturated carbocycles. The Kier molecular flexibility index (Phi) is 4.51. The van der Waals surface area contributed by atoms with Crippen molar-refractivity contribution in [2.75, 3.05) is 4.72 Å². The van der Waals surface area contributed by atoms with Gasteiger partial charge in [-0.3, -0.25) is 4.72 Å². The van der Waals surface area contributed by atoms with Crippen molar-refractivity contribution < 1.29 is 12.8 Å².